The predicted octanol–water partition coefficient (Wildman–Crippen LogP) is 4.56. The summed E-state index contributed by atoms with van der Waals surface area (Å²) in [7, 11) is -3.83. The van der Waals surface area contributed by atoms with Gasteiger partial charge in [0, 0.05) is 5.02 Å². The average molecular weight is 396 g/mol. The predicted molar refractivity (Wildman–Crippen MR) is 96.1 cm³/mol. The minimum atomic E-state index is -3.83. The van der Waals surface area contributed by atoms with Crippen molar-refractivity contribution in [1.29, 1.82) is 0 Å². The fraction of sp³-hybridized carbons (Fsp3) is 0. The lowest BCUT2D eigenvalue weighted by Gasteiger charge is -2.10. The van der Waals surface area contributed by atoms with Crippen LogP contribution in [0, 0.1) is 11.6 Å². The molecule has 0 unspecified atom stereocenters. The van der Waals surface area contributed by atoms with Gasteiger partial charge in [-0.1, -0.05) is 17.7 Å². The van der Waals surface area contributed by atoms with E-state index in [9.17, 15) is 17.2 Å². The van der Waals surface area contributed by atoms with Gasteiger partial charge in [-0.15, -0.1) is 0 Å². The fourth-order valence-electron chi connectivity index (χ4n) is 2.10. The first-order valence-electron chi connectivity index (χ1n) is 7.31. The van der Waals surface area contributed by atoms with E-state index in [1.165, 1.54) is 48.7 Å². The number of sulfonamides is 1. The summed E-state index contributed by atoms with van der Waals surface area (Å²) in [5, 5.41) is 2.98. The van der Waals surface area contributed by atoms with Gasteiger partial charge in [-0.25, -0.2) is 22.2 Å². The molecule has 1 heterocycles. The van der Waals surface area contributed by atoms with Crippen LogP contribution < -0.4 is 10.0 Å². The third-order valence-electron chi connectivity index (χ3n) is 3.36. The molecule has 0 amide bonds. The average Bonchev–Trinajstić information content (AvgIpc) is 2.60. The molecule has 9 heteroatoms. The molecule has 0 atom stereocenters. The van der Waals surface area contributed by atoms with Crippen LogP contribution in [0.4, 0.5) is 26.0 Å². The first-order valence-corrected chi connectivity index (χ1v) is 9.17. The molecule has 0 aliphatic carbocycles. The number of halogens is 3. The Kier molecular flexibility index (Phi) is 5.06. The van der Waals surface area contributed by atoms with Crippen LogP contribution in [0.3, 0.4) is 0 Å². The molecule has 5 nitrogen and oxygen atoms in total. The molecule has 2 aromatic carbocycles. The van der Waals surface area contributed by atoms with E-state index in [1.807, 2.05) is 0 Å². The maximum Gasteiger partial charge on any atom is 0.263 e. The Morgan fingerprint density at radius 3 is 2.15 bits per heavy atom. The molecule has 0 bridgehead atoms. The van der Waals surface area contributed by atoms with Crippen molar-refractivity contribution in [2.45, 2.75) is 4.90 Å². The molecule has 0 fully saturated rings. The highest BCUT2D eigenvalue weighted by Gasteiger charge is 2.15. The zero-order valence-corrected chi connectivity index (χ0v) is 14.7. The Balaban J connectivity index is 1.76. The molecule has 0 aliphatic heterocycles. The number of nitrogens with zero attached hydrogens (tertiary/aromatic N) is 1. The zero-order valence-electron chi connectivity index (χ0n) is 13.1. The van der Waals surface area contributed by atoms with Crippen LogP contribution in [0.2, 0.25) is 5.02 Å². The quantitative estimate of drug-likeness (QED) is 0.664. The van der Waals surface area contributed by atoms with Crippen LogP contribution in [-0.4, -0.2) is 13.4 Å². The lowest BCUT2D eigenvalue weighted by atomic mass is 10.2. The molecule has 3 aromatic rings. The van der Waals surface area contributed by atoms with E-state index in [1.54, 1.807) is 0 Å². The molecule has 0 radical (unpaired) electrons. The van der Waals surface area contributed by atoms with Gasteiger partial charge < -0.3 is 5.32 Å². The van der Waals surface area contributed by atoms with Crippen LogP contribution in [0.1, 0.15) is 0 Å². The zero-order chi connectivity index (χ0) is 18.7. The number of hydrogen-bond donors (Lipinski definition) is 2. The van der Waals surface area contributed by atoms with E-state index in [2.05, 4.69) is 15.0 Å². The molecule has 134 valence electrons. The number of aromatic nitrogens is 1. The van der Waals surface area contributed by atoms with Gasteiger partial charge in [0.25, 0.3) is 10.0 Å². The Hall–Kier alpha value is -2.71. The molecular weight excluding hydrogens is 384 g/mol. The Morgan fingerprint density at radius 1 is 0.923 bits per heavy atom. The molecule has 26 heavy (non-hydrogen) atoms. The van der Waals surface area contributed by atoms with E-state index in [4.69, 9.17) is 11.6 Å². The number of pyridine rings is 1. The SMILES string of the molecule is O=S(=O)(Nc1ccc(Nc2c(F)cccc2F)cn1)c1ccc(Cl)cc1. The van der Waals surface area contributed by atoms with Crippen molar-refractivity contribution in [1.82, 2.24) is 4.98 Å². The second kappa shape index (κ2) is 7.27. The van der Waals surface area contributed by atoms with Gasteiger partial charge in [0.2, 0.25) is 0 Å². The van der Waals surface area contributed by atoms with Crippen LogP contribution in [0.25, 0.3) is 0 Å². The fourth-order valence-corrected chi connectivity index (χ4v) is 3.23. The van der Waals surface area contributed by atoms with Crippen molar-refractivity contribution in [3.8, 4) is 0 Å². The highest BCUT2D eigenvalue weighted by atomic mass is 35.5. The summed E-state index contributed by atoms with van der Waals surface area (Å²) in [6.07, 6.45) is 1.26. The van der Waals surface area contributed by atoms with Crippen molar-refractivity contribution in [2.24, 2.45) is 0 Å². The van der Waals surface area contributed by atoms with Crippen molar-refractivity contribution < 1.29 is 17.2 Å². The largest absolute Gasteiger partial charge is 0.349 e. The minimum absolute atomic E-state index is 0.0272. The molecule has 3 rings (SSSR count). The number of rotatable bonds is 5. The summed E-state index contributed by atoms with van der Waals surface area (Å²) >= 11 is 5.74. The van der Waals surface area contributed by atoms with E-state index in [0.29, 0.717) is 10.7 Å². The molecule has 0 aliphatic rings. The Bertz CT molecular complexity index is 1010. The maximum absolute atomic E-state index is 13.6. The summed E-state index contributed by atoms with van der Waals surface area (Å²) in [6, 6.07) is 11.9. The molecule has 0 saturated carbocycles. The van der Waals surface area contributed by atoms with Gasteiger partial charge >= 0.3 is 0 Å². The van der Waals surface area contributed by atoms with E-state index >= 15 is 0 Å². The van der Waals surface area contributed by atoms with E-state index < -0.39 is 21.7 Å². The minimum Gasteiger partial charge on any atom is -0.349 e. The van der Waals surface area contributed by atoms with Gasteiger partial charge in [0.1, 0.15) is 23.1 Å². The van der Waals surface area contributed by atoms with Crippen LogP contribution >= 0.6 is 11.6 Å². The van der Waals surface area contributed by atoms with Gasteiger partial charge in [-0.2, -0.15) is 0 Å². The maximum atomic E-state index is 13.6. The van der Waals surface area contributed by atoms with Crippen molar-refractivity contribution in [3.05, 3.63) is 77.5 Å². The van der Waals surface area contributed by atoms with Crippen LogP contribution in [0.5, 0.6) is 0 Å². The first-order chi connectivity index (χ1) is 12.3. The van der Waals surface area contributed by atoms with Gasteiger partial charge in [-0.05, 0) is 48.5 Å². The van der Waals surface area contributed by atoms with Gasteiger partial charge in [-0.3, -0.25) is 4.72 Å². The number of nitrogens with one attached hydrogen (secondary N) is 2. The molecular formula is C17H12ClF2N3O2S. The van der Waals surface area contributed by atoms with Crippen molar-refractivity contribution >= 4 is 38.8 Å². The number of hydrogen-bond acceptors (Lipinski definition) is 4. The van der Waals surface area contributed by atoms with Gasteiger partial charge in [0.15, 0.2) is 0 Å². The highest BCUT2D eigenvalue weighted by molar-refractivity contribution is 7.92. The Morgan fingerprint density at radius 2 is 1.58 bits per heavy atom. The van der Waals surface area contributed by atoms with Crippen molar-refractivity contribution in [3.63, 3.8) is 0 Å². The summed E-state index contributed by atoms with van der Waals surface area (Å²) in [4.78, 5) is 3.97. The van der Waals surface area contributed by atoms with Gasteiger partial charge in [0.05, 0.1) is 16.8 Å². The molecule has 0 spiro atoms. The molecule has 2 N–H and O–H groups in total. The topological polar surface area (TPSA) is 71.1 Å². The molecule has 1 aromatic heterocycles. The lowest BCUT2D eigenvalue weighted by Crippen LogP contribution is -2.13. The third-order valence-corrected chi connectivity index (χ3v) is 4.98. The molecule has 0 saturated heterocycles. The summed E-state index contributed by atoms with van der Waals surface area (Å²) < 4.78 is 54.1. The summed E-state index contributed by atoms with van der Waals surface area (Å²) in [6.45, 7) is 0. The monoisotopic (exact) mass is 395 g/mol. The smallest absolute Gasteiger partial charge is 0.263 e. The Labute approximate surface area is 153 Å². The number of anilines is 3. The lowest BCUT2D eigenvalue weighted by molar-refractivity contribution is 0.590. The van der Waals surface area contributed by atoms with Crippen molar-refractivity contribution in [2.75, 3.05) is 10.0 Å². The summed E-state index contributed by atoms with van der Waals surface area (Å²) in [5.74, 6) is -1.45. The standard InChI is InChI=1S/C17H12ClF2N3O2S/c18-11-4-7-13(8-5-11)26(24,25)23-16-9-6-12(10-21-16)22-17-14(19)2-1-3-15(17)20/h1-10,22H,(H,21,23). The second-order valence-electron chi connectivity index (χ2n) is 5.21. The summed E-state index contributed by atoms with van der Waals surface area (Å²) in [5.41, 5.74) is -0.0211. The first kappa shape index (κ1) is 18.1. The third kappa shape index (κ3) is 4.09. The second-order valence-corrected chi connectivity index (χ2v) is 7.33. The normalized spacial score (nSPS) is 11.2. The van der Waals surface area contributed by atoms with Crippen LogP contribution in [-0.2, 0) is 10.0 Å². The van der Waals surface area contributed by atoms with E-state index in [-0.39, 0.29) is 16.4 Å². The highest BCUT2D eigenvalue weighted by Crippen LogP contribution is 2.24. The van der Waals surface area contributed by atoms with Crippen LogP contribution in [0.15, 0.2) is 65.7 Å². The number of benzene rings is 2. The van der Waals surface area contributed by atoms with E-state index in [0.717, 1.165) is 12.1 Å². The number of para-hydroxylation sites is 1.